The number of nitro groups is 1. The number of methoxy groups -OCH3 is 1. The molecule has 0 saturated heterocycles. The molecule has 3 N–H and O–H groups in total. The van der Waals surface area contributed by atoms with Crippen molar-refractivity contribution in [3.05, 3.63) is 56.1 Å². The fourth-order valence-corrected chi connectivity index (χ4v) is 3.81. The molecule has 31 heavy (non-hydrogen) atoms. The topological polar surface area (TPSA) is 138 Å². The molecule has 1 amide bonds. The Labute approximate surface area is 190 Å². The van der Waals surface area contributed by atoms with Crippen LogP contribution in [0.25, 0.3) is 11.4 Å². The number of halogens is 2. The maximum Gasteiger partial charge on any atom is 0.311 e. The largest absolute Gasteiger partial charge is 0.490 e. The van der Waals surface area contributed by atoms with Gasteiger partial charge in [-0.2, -0.15) is 0 Å². The number of thioether (sulfide) groups is 1. The number of nitrogens with one attached hydrogen (secondary N) is 1. The molecule has 3 rings (SSSR count). The Morgan fingerprint density at radius 1 is 1.32 bits per heavy atom. The number of benzene rings is 2. The number of amides is 1. The molecule has 0 fully saturated rings. The molecule has 0 atom stereocenters. The maximum absolute atomic E-state index is 12.4. The van der Waals surface area contributed by atoms with Crippen LogP contribution in [0.15, 0.2) is 35.5 Å². The van der Waals surface area contributed by atoms with Crippen molar-refractivity contribution in [2.24, 2.45) is 0 Å². The smallest absolute Gasteiger partial charge is 0.311 e. The van der Waals surface area contributed by atoms with Crippen molar-refractivity contribution in [2.45, 2.75) is 12.1 Å². The number of ether oxygens (including phenoxy) is 1. The highest BCUT2D eigenvalue weighted by Gasteiger charge is 2.19. The molecule has 0 aliphatic carbocycles. The Bertz CT molecular complexity index is 1170. The highest BCUT2D eigenvalue weighted by molar-refractivity contribution is 7.99. The molecule has 0 spiro atoms. The Morgan fingerprint density at radius 3 is 2.71 bits per heavy atom. The summed E-state index contributed by atoms with van der Waals surface area (Å²) in [4.78, 5) is 22.9. The van der Waals surface area contributed by atoms with Gasteiger partial charge in [-0.25, -0.2) is 4.68 Å². The number of hydrogen-bond donors (Lipinski definition) is 2. The molecule has 0 radical (unpaired) electrons. The van der Waals surface area contributed by atoms with Crippen molar-refractivity contribution in [1.29, 1.82) is 0 Å². The molecule has 162 valence electrons. The van der Waals surface area contributed by atoms with Crippen LogP contribution in [-0.2, 0) is 4.79 Å². The van der Waals surface area contributed by atoms with E-state index in [0.717, 1.165) is 11.8 Å². The third-order valence-electron chi connectivity index (χ3n) is 4.17. The molecule has 0 bridgehead atoms. The summed E-state index contributed by atoms with van der Waals surface area (Å²) in [5.74, 6) is 6.03. The Kier molecular flexibility index (Phi) is 6.88. The Morgan fingerprint density at radius 2 is 2.06 bits per heavy atom. The lowest BCUT2D eigenvalue weighted by atomic mass is 10.1. The van der Waals surface area contributed by atoms with Crippen LogP contribution >= 0.6 is 35.0 Å². The molecule has 1 heterocycles. The van der Waals surface area contributed by atoms with Crippen LogP contribution in [0.5, 0.6) is 5.75 Å². The number of rotatable bonds is 7. The monoisotopic (exact) mass is 482 g/mol. The first kappa shape index (κ1) is 22.7. The molecule has 0 aliphatic rings. The first-order valence-corrected chi connectivity index (χ1v) is 10.4. The van der Waals surface area contributed by atoms with Crippen molar-refractivity contribution in [3.8, 4) is 17.1 Å². The van der Waals surface area contributed by atoms with E-state index < -0.39 is 4.92 Å². The lowest BCUT2D eigenvalue weighted by Gasteiger charge is -2.10. The Balaban J connectivity index is 1.71. The number of carbonyl (C=O) groups is 1. The van der Waals surface area contributed by atoms with Gasteiger partial charge in [-0.3, -0.25) is 14.9 Å². The third-order valence-corrected chi connectivity index (χ3v) is 5.66. The van der Waals surface area contributed by atoms with E-state index in [9.17, 15) is 14.9 Å². The molecule has 13 heteroatoms. The minimum atomic E-state index is -0.550. The zero-order chi connectivity index (χ0) is 22.7. The second-order valence-electron chi connectivity index (χ2n) is 6.23. The van der Waals surface area contributed by atoms with Gasteiger partial charge in [0.05, 0.1) is 22.8 Å². The van der Waals surface area contributed by atoms with E-state index in [1.807, 2.05) is 0 Å². The predicted molar refractivity (Wildman–Crippen MR) is 119 cm³/mol. The summed E-state index contributed by atoms with van der Waals surface area (Å²) in [6.45, 7) is 1.65. The van der Waals surface area contributed by atoms with Gasteiger partial charge in [-0.15, -0.1) is 10.2 Å². The second kappa shape index (κ2) is 9.41. The summed E-state index contributed by atoms with van der Waals surface area (Å²) in [6.07, 6.45) is 0. The summed E-state index contributed by atoms with van der Waals surface area (Å²) >= 11 is 13.2. The zero-order valence-corrected chi connectivity index (χ0v) is 18.6. The van der Waals surface area contributed by atoms with Crippen LogP contribution in [0, 0.1) is 17.0 Å². The van der Waals surface area contributed by atoms with Gasteiger partial charge < -0.3 is 15.9 Å². The zero-order valence-electron chi connectivity index (χ0n) is 16.3. The maximum atomic E-state index is 12.4. The van der Waals surface area contributed by atoms with E-state index in [4.69, 9.17) is 33.8 Å². The van der Waals surface area contributed by atoms with E-state index in [-0.39, 0.29) is 23.1 Å². The number of nitro benzene ring substituents is 1. The lowest BCUT2D eigenvalue weighted by Crippen LogP contribution is -2.17. The minimum Gasteiger partial charge on any atom is -0.490 e. The van der Waals surface area contributed by atoms with Crippen molar-refractivity contribution in [3.63, 3.8) is 0 Å². The summed E-state index contributed by atoms with van der Waals surface area (Å²) in [5.41, 5.74) is 1.28. The molecule has 3 aromatic rings. The van der Waals surface area contributed by atoms with E-state index in [0.29, 0.717) is 37.8 Å². The van der Waals surface area contributed by atoms with Crippen molar-refractivity contribution >= 4 is 52.2 Å². The SMILES string of the molecule is COc1cc(NC(=O)CSc2nnc(-c3ccc(Cl)cc3Cl)n2N)c(C)cc1[N+](=O)[O-]. The first-order valence-electron chi connectivity index (χ1n) is 8.62. The number of hydrogen-bond acceptors (Lipinski definition) is 8. The van der Waals surface area contributed by atoms with Crippen LogP contribution in [-0.4, -0.2) is 38.6 Å². The molecule has 0 saturated carbocycles. The number of nitrogens with two attached hydrogens (primary N) is 1. The van der Waals surface area contributed by atoms with Gasteiger partial charge in [0.1, 0.15) is 0 Å². The highest BCUT2D eigenvalue weighted by atomic mass is 35.5. The van der Waals surface area contributed by atoms with E-state index in [1.165, 1.54) is 23.9 Å². The molecular formula is C18H16Cl2N6O4S. The number of aryl methyl sites for hydroxylation is 1. The summed E-state index contributed by atoms with van der Waals surface area (Å²) in [6, 6.07) is 7.62. The molecule has 10 nitrogen and oxygen atoms in total. The van der Waals surface area contributed by atoms with Crippen LogP contribution in [0.1, 0.15) is 5.56 Å². The fourth-order valence-electron chi connectivity index (χ4n) is 2.66. The molecule has 1 aromatic heterocycles. The van der Waals surface area contributed by atoms with Gasteiger partial charge >= 0.3 is 5.69 Å². The highest BCUT2D eigenvalue weighted by Crippen LogP contribution is 2.33. The number of aromatic nitrogens is 3. The van der Waals surface area contributed by atoms with Crippen molar-refractivity contribution < 1.29 is 14.5 Å². The quantitative estimate of drug-likeness (QED) is 0.223. The lowest BCUT2D eigenvalue weighted by molar-refractivity contribution is -0.385. The van der Waals surface area contributed by atoms with Crippen LogP contribution in [0.2, 0.25) is 10.0 Å². The van der Waals surface area contributed by atoms with Gasteiger partial charge in [-0.1, -0.05) is 35.0 Å². The average Bonchev–Trinajstić information content (AvgIpc) is 3.07. The molecular weight excluding hydrogens is 467 g/mol. The van der Waals surface area contributed by atoms with E-state index >= 15 is 0 Å². The normalized spacial score (nSPS) is 10.7. The number of nitrogens with zero attached hydrogens (tertiary/aromatic N) is 4. The van der Waals surface area contributed by atoms with E-state index in [2.05, 4.69) is 15.5 Å². The second-order valence-corrected chi connectivity index (χ2v) is 8.02. The van der Waals surface area contributed by atoms with Crippen LogP contribution in [0.3, 0.4) is 0 Å². The Hall–Kier alpha value is -3.02. The fraction of sp³-hybridized carbons (Fsp3) is 0.167. The predicted octanol–water partition coefficient (Wildman–Crippen LogP) is 3.92. The van der Waals surface area contributed by atoms with Gasteiger partial charge in [0.25, 0.3) is 0 Å². The van der Waals surface area contributed by atoms with Gasteiger partial charge in [0.2, 0.25) is 11.1 Å². The van der Waals surface area contributed by atoms with Crippen LogP contribution < -0.4 is 15.9 Å². The van der Waals surface area contributed by atoms with E-state index in [1.54, 1.807) is 25.1 Å². The van der Waals surface area contributed by atoms with Crippen molar-refractivity contribution in [2.75, 3.05) is 24.0 Å². The van der Waals surface area contributed by atoms with Crippen molar-refractivity contribution in [1.82, 2.24) is 14.9 Å². The number of carbonyl (C=O) groups excluding carboxylic acids is 1. The summed E-state index contributed by atoms with van der Waals surface area (Å²) in [7, 11) is 1.32. The van der Waals surface area contributed by atoms with Crippen LogP contribution in [0.4, 0.5) is 11.4 Å². The minimum absolute atomic E-state index is 0.0254. The first-order chi connectivity index (χ1) is 14.7. The summed E-state index contributed by atoms with van der Waals surface area (Å²) in [5, 5.41) is 23.0. The van der Waals surface area contributed by atoms with Gasteiger partial charge in [0.15, 0.2) is 11.6 Å². The number of anilines is 1. The van der Waals surface area contributed by atoms with Gasteiger partial charge in [-0.05, 0) is 30.7 Å². The third kappa shape index (κ3) is 5.01. The molecule has 0 unspecified atom stereocenters. The standard InChI is InChI=1S/C18H16Cl2N6O4S/c1-9-5-14(26(28)29)15(30-2)7-13(9)22-16(27)8-31-18-24-23-17(25(18)21)11-4-3-10(19)6-12(11)20/h3-7H,8,21H2,1-2H3,(H,22,27). The summed E-state index contributed by atoms with van der Waals surface area (Å²) < 4.78 is 6.26. The number of nitrogen functional groups attached to an aromatic ring is 1. The molecule has 0 aliphatic heterocycles. The van der Waals surface area contributed by atoms with Gasteiger partial charge in [0, 0.05) is 28.4 Å². The molecule has 2 aromatic carbocycles. The average molecular weight is 483 g/mol.